The van der Waals surface area contributed by atoms with Gasteiger partial charge in [0.05, 0.1) is 4.90 Å². The highest BCUT2D eigenvalue weighted by atomic mass is 32.2. The van der Waals surface area contributed by atoms with Gasteiger partial charge in [-0.3, -0.25) is 4.79 Å². The number of carbonyl (C=O) groups is 1. The van der Waals surface area contributed by atoms with Gasteiger partial charge in [0.25, 0.3) is 5.91 Å². The van der Waals surface area contributed by atoms with Crippen molar-refractivity contribution in [2.24, 2.45) is 5.14 Å². The van der Waals surface area contributed by atoms with E-state index < -0.39 is 10.0 Å². The maximum atomic E-state index is 12.1. The third-order valence-electron chi connectivity index (χ3n) is 3.54. The molecule has 0 radical (unpaired) electrons. The van der Waals surface area contributed by atoms with E-state index in [-0.39, 0.29) is 10.8 Å². The first-order chi connectivity index (χ1) is 10.8. The first kappa shape index (κ1) is 17.2. The molecule has 23 heavy (non-hydrogen) atoms. The van der Waals surface area contributed by atoms with Crippen LogP contribution >= 0.6 is 0 Å². The molecule has 5 nitrogen and oxygen atoms in total. The molecule has 2 aromatic rings. The van der Waals surface area contributed by atoms with Gasteiger partial charge in [0.15, 0.2) is 0 Å². The number of rotatable bonds is 5. The molecular formula is C17H20N2O3S. The van der Waals surface area contributed by atoms with Crippen LogP contribution < -0.4 is 10.5 Å². The average Bonchev–Trinajstić information content (AvgIpc) is 2.52. The van der Waals surface area contributed by atoms with E-state index in [1.807, 2.05) is 12.1 Å². The van der Waals surface area contributed by atoms with Gasteiger partial charge in [-0.2, -0.15) is 0 Å². The van der Waals surface area contributed by atoms with Crippen molar-refractivity contribution < 1.29 is 13.2 Å². The molecule has 0 aliphatic rings. The van der Waals surface area contributed by atoms with Crippen molar-refractivity contribution in [3.63, 3.8) is 0 Å². The van der Waals surface area contributed by atoms with Gasteiger partial charge in [-0.25, -0.2) is 13.6 Å². The highest BCUT2D eigenvalue weighted by Gasteiger charge is 2.08. The van der Waals surface area contributed by atoms with Crippen LogP contribution in [0.3, 0.4) is 0 Å². The van der Waals surface area contributed by atoms with Crippen LogP contribution in [0, 0.1) is 0 Å². The van der Waals surface area contributed by atoms with Gasteiger partial charge < -0.3 is 5.32 Å². The molecule has 6 heteroatoms. The molecule has 0 saturated heterocycles. The lowest BCUT2D eigenvalue weighted by molar-refractivity contribution is 0.0951. The zero-order valence-electron chi connectivity index (χ0n) is 13.1. The molecule has 0 bridgehead atoms. The van der Waals surface area contributed by atoms with Crippen LogP contribution in [0.15, 0.2) is 53.4 Å². The lowest BCUT2D eigenvalue weighted by atomic mass is 10.0. The van der Waals surface area contributed by atoms with Crippen molar-refractivity contribution in [1.29, 1.82) is 0 Å². The molecule has 2 aromatic carbocycles. The van der Waals surface area contributed by atoms with Gasteiger partial charge in [0.2, 0.25) is 10.0 Å². The number of nitrogens with two attached hydrogens (primary N) is 1. The van der Waals surface area contributed by atoms with E-state index in [9.17, 15) is 13.2 Å². The Labute approximate surface area is 136 Å². The summed E-state index contributed by atoms with van der Waals surface area (Å²) in [6.45, 7) is 4.51. The number of nitrogens with one attached hydrogen (secondary N) is 1. The van der Waals surface area contributed by atoms with Gasteiger partial charge in [-0.05, 0) is 41.3 Å². The zero-order chi connectivity index (χ0) is 17.0. The molecule has 0 aromatic heterocycles. The summed E-state index contributed by atoms with van der Waals surface area (Å²) in [5.74, 6) is 0.250. The Morgan fingerprint density at radius 3 is 2.09 bits per heavy atom. The quantitative estimate of drug-likeness (QED) is 0.881. The minimum atomic E-state index is -3.69. The number of amides is 1. The number of primary sulfonamides is 1. The Morgan fingerprint density at radius 2 is 1.61 bits per heavy atom. The molecule has 0 heterocycles. The van der Waals surface area contributed by atoms with Crippen molar-refractivity contribution in [3.05, 3.63) is 65.2 Å². The third-order valence-corrected chi connectivity index (χ3v) is 4.47. The van der Waals surface area contributed by atoms with Gasteiger partial charge in [0.1, 0.15) is 0 Å². The van der Waals surface area contributed by atoms with Gasteiger partial charge in [-0.1, -0.05) is 38.1 Å². The summed E-state index contributed by atoms with van der Waals surface area (Å²) in [6.07, 6.45) is 0. The summed E-state index contributed by atoms with van der Waals surface area (Å²) in [6, 6.07) is 13.6. The lowest BCUT2D eigenvalue weighted by Crippen LogP contribution is -2.22. The Morgan fingerprint density at radius 1 is 1.04 bits per heavy atom. The number of sulfonamides is 1. The highest BCUT2D eigenvalue weighted by Crippen LogP contribution is 2.15. The second-order valence-electron chi connectivity index (χ2n) is 5.65. The van der Waals surface area contributed by atoms with Crippen LogP contribution in [0.1, 0.15) is 41.3 Å². The minimum Gasteiger partial charge on any atom is -0.348 e. The molecule has 3 N–H and O–H groups in total. The molecule has 0 atom stereocenters. The summed E-state index contributed by atoms with van der Waals surface area (Å²) in [4.78, 5) is 12.2. The average molecular weight is 332 g/mol. The number of hydrogen-bond acceptors (Lipinski definition) is 3. The monoisotopic (exact) mass is 332 g/mol. The maximum Gasteiger partial charge on any atom is 0.251 e. The summed E-state index contributed by atoms with van der Waals surface area (Å²) in [5.41, 5.74) is 2.57. The van der Waals surface area contributed by atoms with Crippen molar-refractivity contribution in [2.45, 2.75) is 31.2 Å². The van der Waals surface area contributed by atoms with Crippen molar-refractivity contribution in [1.82, 2.24) is 5.32 Å². The SMILES string of the molecule is CC(C)c1ccc(C(=O)NCc2ccc(S(N)(=O)=O)cc2)cc1. The normalized spacial score (nSPS) is 11.5. The van der Waals surface area contributed by atoms with Crippen LogP contribution in [0.4, 0.5) is 0 Å². The third kappa shape index (κ3) is 4.64. The van der Waals surface area contributed by atoms with Gasteiger partial charge in [0, 0.05) is 12.1 Å². The Bertz CT molecular complexity index is 780. The molecule has 122 valence electrons. The van der Waals surface area contributed by atoms with E-state index in [0.29, 0.717) is 18.0 Å². The number of carbonyl (C=O) groups excluding carboxylic acids is 1. The van der Waals surface area contributed by atoms with Gasteiger partial charge >= 0.3 is 0 Å². The van der Waals surface area contributed by atoms with E-state index in [2.05, 4.69) is 19.2 Å². The predicted octanol–water partition coefficient (Wildman–Crippen LogP) is 2.39. The molecule has 2 rings (SSSR count). The van der Waals surface area contributed by atoms with E-state index in [4.69, 9.17) is 5.14 Å². The van der Waals surface area contributed by atoms with Crippen molar-refractivity contribution in [2.75, 3.05) is 0 Å². The summed E-state index contributed by atoms with van der Waals surface area (Å²) >= 11 is 0. The molecule has 0 unspecified atom stereocenters. The van der Waals surface area contributed by atoms with Gasteiger partial charge in [-0.15, -0.1) is 0 Å². The summed E-state index contributed by atoms with van der Waals surface area (Å²) < 4.78 is 22.4. The molecule has 0 aliphatic heterocycles. The molecule has 0 aliphatic carbocycles. The minimum absolute atomic E-state index is 0.0526. The second kappa shape index (κ2) is 6.93. The van der Waals surface area contributed by atoms with Crippen LogP contribution in [0.25, 0.3) is 0 Å². The molecular weight excluding hydrogens is 312 g/mol. The first-order valence-electron chi connectivity index (χ1n) is 7.27. The Kier molecular flexibility index (Phi) is 5.18. The fourth-order valence-corrected chi connectivity index (χ4v) is 2.62. The van der Waals surface area contributed by atoms with Crippen molar-refractivity contribution in [3.8, 4) is 0 Å². The molecule has 1 amide bonds. The van der Waals surface area contributed by atoms with Crippen LogP contribution in [-0.4, -0.2) is 14.3 Å². The predicted molar refractivity (Wildman–Crippen MR) is 89.5 cm³/mol. The first-order valence-corrected chi connectivity index (χ1v) is 8.82. The zero-order valence-corrected chi connectivity index (χ0v) is 13.9. The fraction of sp³-hybridized carbons (Fsp3) is 0.235. The summed E-state index contributed by atoms with van der Waals surface area (Å²) in [7, 11) is -3.69. The number of benzene rings is 2. The van der Waals surface area contributed by atoms with Crippen LogP contribution in [0.2, 0.25) is 0 Å². The Balaban J connectivity index is 1.98. The summed E-state index contributed by atoms with van der Waals surface area (Å²) in [5, 5.41) is 7.84. The Hall–Kier alpha value is -2.18. The lowest BCUT2D eigenvalue weighted by Gasteiger charge is -2.08. The van der Waals surface area contributed by atoms with Crippen molar-refractivity contribution >= 4 is 15.9 Å². The topological polar surface area (TPSA) is 89.3 Å². The number of hydrogen-bond donors (Lipinski definition) is 2. The highest BCUT2D eigenvalue weighted by molar-refractivity contribution is 7.89. The van der Waals surface area contributed by atoms with E-state index in [1.54, 1.807) is 24.3 Å². The smallest absolute Gasteiger partial charge is 0.251 e. The van der Waals surface area contributed by atoms with E-state index in [0.717, 1.165) is 5.56 Å². The van der Waals surface area contributed by atoms with Crippen LogP contribution in [0.5, 0.6) is 0 Å². The largest absolute Gasteiger partial charge is 0.348 e. The maximum absolute atomic E-state index is 12.1. The molecule has 0 spiro atoms. The molecule has 0 fully saturated rings. The van der Waals surface area contributed by atoms with E-state index >= 15 is 0 Å². The second-order valence-corrected chi connectivity index (χ2v) is 7.21. The molecule has 0 saturated carbocycles. The van der Waals surface area contributed by atoms with E-state index in [1.165, 1.54) is 17.7 Å². The standard InChI is InChI=1S/C17H20N2O3S/c1-12(2)14-5-7-15(8-6-14)17(20)19-11-13-3-9-16(10-4-13)23(18,21)22/h3-10,12H,11H2,1-2H3,(H,19,20)(H2,18,21,22). The van der Waals surface area contributed by atoms with Crippen LogP contribution in [-0.2, 0) is 16.6 Å². The fourth-order valence-electron chi connectivity index (χ4n) is 2.10.